The number of nitrogens with two attached hydrogens (primary N) is 1. The molecule has 104 valence electrons. The highest BCUT2D eigenvalue weighted by atomic mass is 16.5. The van der Waals surface area contributed by atoms with E-state index in [0.717, 1.165) is 31.4 Å². The summed E-state index contributed by atoms with van der Waals surface area (Å²) in [5.41, 5.74) is 7.05. The van der Waals surface area contributed by atoms with Gasteiger partial charge in [0.25, 0.3) is 0 Å². The summed E-state index contributed by atoms with van der Waals surface area (Å²) in [7, 11) is 1.75. The van der Waals surface area contributed by atoms with E-state index in [0.29, 0.717) is 12.0 Å². The molecule has 1 aromatic rings. The predicted molar refractivity (Wildman–Crippen MR) is 70.0 cm³/mol. The van der Waals surface area contributed by atoms with E-state index in [4.69, 9.17) is 15.7 Å². The molecule has 2 N–H and O–H groups in total. The highest BCUT2D eigenvalue weighted by molar-refractivity contribution is 5.04. The number of nitriles is 1. The van der Waals surface area contributed by atoms with Gasteiger partial charge in [-0.25, -0.2) is 4.68 Å². The van der Waals surface area contributed by atoms with Crippen LogP contribution in [0.5, 0.6) is 0 Å². The molecule has 0 spiro atoms. The van der Waals surface area contributed by atoms with Crippen molar-refractivity contribution in [2.45, 2.75) is 50.8 Å². The van der Waals surface area contributed by atoms with E-state index in [2.05, 4.69) is 16.4 Å². The maximum Gasteiger partial charge on any atom is 0.137 e. The van der Waals surface area contributed by atoms with Crippen LogP contribution >= 0.6 is 0 Å². The summed E-state index contributed by atoms with van der Waals surface area (Å²) in [6.07, 6.45) is 6.41. The SMILES string of the molecule is COC1CCCC([C@H](N)c2cn([C@H](C)C#N)nn2)C1. The first-order chi connectivity index (χ1) is 9.15. The summed E-state index contributed by atoms with van der Waals surface area (Å²) in [5.74, 6) is 0.376. The van der Waals surface area contributed by atoms with Crippen molar-refractivity contribution in [3.63, 3.8) is 0 Å². The molecule has 0 aliphatic heterocycles. The molecule has 4 atom stereocenters. The number of methoxy groups -OCH3 is 1. The number of aromatic nitrogens is 3. The van der Waals surface area contributed by atoms with Gasteiger partial charge in [0.1, 0.15) is 6.04 Å². The van der Waals surface area contributed by atoms with Crippen LogP contribution in [0.25, 0.3) is 0 Å². The summed E-state index contributed by atoms with van der Waals surface area (Å²) in [5, 5.41) is 16.9. The molecule has 1 aromatic heterocycles. The van der Waals surface area contributed by atoms with Crippen LogP contribution in [-0.2, 0) is 4.74 Å². The van der Waals surface area contributed by atoms with E-state index in [1.807, 2.05) is 0 Å². The molecule has 0 saturated heterocycles. The van der Waals surface area contributed by atoms with Crippen LogP contribution in [0.15, 0.2) is 6.20 Å². The first-order valence-electron chi connectivity index (χ1n) is 6.75. The summed E-state index contributed by atoms with van der Waals surface area (Å²) in [6.45, 7) is 1.78. The first kappa shape index (κ1) is 14.0. The van der Waals surface area contributed by atoms with Gasteiger partial charge in [-0.2, -0.15) is 5.26 Å². The third-order valence-corrected chi connectivity index (χ3v) is 3.96. The van der Waals surface area contributed by atoms with Crippen molar-refractivity contribution in [2.75, 3.05) is 7.11 Å². The Morgan fingerprint density at radius 3 is 3.05 bits per heavy atom. The molecular formula is C13H21N5O. The third-order valence-electron chi connectivity index (χ3n) is 3.96. The molecule has 1 fully saturated rings. The Kier molecular flexibility index (Phi) is 4.51. The number of ether oxygens (including phenoxy) is 1. The molecule has 1 heterocycles. The van der Waals surface area contributed by atoms with Gasteiger partial charge < -0.3 is 10.5 Å². The zero-order valence-electron chi connectivity index (χ0n) is 11.5. The summed E-state index contributed by atoms with van der Waals surface area (Å²) in [6, 6.07) is 1.69. The van der Waals surface area contributed by atoms with E-state index < -0.39 is 0 Å². The molecule has 19 heavy (non-hydrogen) atoms. The molecule has 0 bridgehead atoms. The standard InChI is InChI=1S/C13H21N5O/c1-9(7-14)18-8-12(16-17-18)13(15)10-4-3-5-11(6-10)19-2/h8-11,13H,3-6,15H2,1-2H3/t9-,10?,11?,13+/m1/s1. The van der Waals surface area contributed by atoms with Gasteiger partial charge in [0.2, 0.25) is 0 Å². The molecule has 6 heteroatoms. The maximum atomic E-state index is 8.87. The molecule has 1 aliphatic rings. The fourth-order valence-corrected chi connectivity index (χ4v) is 2.65. The number of hydrogen-bond acceptors (Lipinski definition) is 5. The average Bonchev–Trinajstić information content (AvgIpc) is 2.95. The Morgan fingerprint density at radius 1 is 1.58 bits per heavy atom. The molecule has 1 saturated carbocycles. The minimum absolute atomic E-state index is 0.127. The van der Waals surface area contributed by atoms with E-state index >= 15 is 0 Å². The lowest BCUT2D eigenvalue weighted by atomic mass is 9.81. The van der Waals surface area contributed by atoms with Crippen LogP contribution in [0.4, 0.5) is 0 Å². The quantitative estimate of drug-likeness (QED) is 0.890. The molecule has 2 rings (SSSR count). The van der Waals surface area contributed by atoms with Crippen LogP contribution in [0, 0.1) is 17.2 Å². The molecule has 0 amide bonds. The van der Waals surface area contributed by atoms with Crippen molar-refractivity contribution >= 4 is 0 Å². The van der Waals surface area contributed by atoms with Crippen molar-refractivity contribution < 1.29 is 4.74 Å². The van der Waals surface area contributed by atoms with Crippen LogP contribution in [0.3, 0.4) is 0 Å². The number of hydrogen-bond donors (Lipinski definition) is 1. The second-order valence-corrected chi connectivity index (χ2v) is 5.24. The zero-order valence-corrected chi connectivity index (χ0v) is 11.5. The average molecular weight is 263 g/mol. The molecule has 6 nitrogen and oxygen atoms in total. The van der Waals surface area contributed by atoms with Crippen molar-refractivity contribution in [3.05, 3.63) is 11.9 Å². The van der Waals surface area contributed by atoms with Gasteiger partial charge in [-0.1, -0.05) is 11.6 Å². The Bertz CT molecular complexity index is 452. The predicted octanol–water partition coefficient (Wildman–Crippen LogP) is 1.57. The van der Waals surface area contributed by atoms with Gasteiger partial charge in [-0.15, -0.1) is 5.10 Å². The number of rotatable bonds is 4. The van der Waals surface area contributed by atoms with E-state index in [9.17, 15) is 0 Å². The fourth-order valence-electron chi connectivity index (χ4n) is 2.65. The van der Waals surface area contributed by atoms with Gasteiger partial charge in [0.05, 0.1) is 30.1 Å². The van der Waals surface area contributed by atoms with E-state index in [-0.39, 0.29) is 12.1 Å². The first-order valence-corrected chi connectivity index (χ1v) is 6.75. The second kappa shape index (κ2) is 6.13. The Hall–Kier alpha value is -1.45. The lowest BCUT2D eigenvalue weighted by molar-refractivity contribution is 0.0449. The molecule has 0 aromatic carbocycles. The summed E-state index contributed by atoms with van der Waals surface area (Å²) >= 11 is 0. The number of nitrogens with zero attached hydrogens (tertiary/aromatic N) is 4. The molecule has 1 aliphatic carbocycles. The van der Waals surface area contributed by atoms with Gasteiger partial charge in [-0.05, 0) is 32.1 Å². The van der Waals surface area contributed by atoms with Crippen LogP contribution in [-0.4, -0.2) is 28.2 Å². The summed E-state index contributed by atoms with van der Waals surface area (Å²) < 4.78 is 6.99. The highest BCUT2D eigenvalue weighted by Crippen LogP contribution is 2.33. The summed E-state index contributed by atoms with van der Waals surface area (Å²) in [4.78, 5) is 0. The van der Waals surface area contributed by atoms with Crippen LogP contribution in [0.1, 0.15) is 50.4 Å². The highest BCUT2D eigenvalue weighted by Gasteiger charge is 2.29. The lowest BCUT2D eigenvalue weighted by Crippen LogP contribution is -2.30. The molecule has 2 unspecified atom stereocenters. The van der Waals surface area contributed by atoms with Crippen LogP contribution < -0.4 is 5.73 Å². The monoisotopic (exact) mass is 263 g/mol. The van der Waals surface area contributed by atoms with Crippen molar-refractivity contribution in [1.29, 1.82) is 5.26 Å². The van der Waals surface area contributed by atoms with Crippen LogP contribution in [0.2, 0.25) is 0 Å². The fraction of sp³-hybridized carbons (Fsp3) is 0.769. The smallest absolute Gasteiger partial charge is 0.137 e. The normalized spacial score (nSPS) is 26.6. The van der Waals surface area contributed by atoms with Gasteiger partial charge in [-0.3, -0.25) is 0 Å². The zero-order chi connectivity index (χ0) is 13.8. The Balaban J connectivity index is 2.05. The second-order valence-electron chi connectivity index (χ2n) is 5.24. The van der Waals surface area contributed by atoms with Crippen molar-refractivity contribution in [1.82, 2.24) is 15.0 Å². The maximum absolute atomic E-state index is 8.87. The Labute approximate surface area is 113 Å². The van der Waals surface area contributed by atoms with E-state index in [1.54, 1.807) is 24.9 Å². The van der Waals surface area contributed by atoms with Gasteiger partial charge in [0.15, 0.2) is 0 Å². The lowest BCUT2D eigenvalue weighted by Gasteiger charge is -2.31. The minimum Gasteiger partial charge on any atom is -0.381 e. The minimum atomic E-state index is -0.313. The third kappa shape index (κ3) is 3.11. The Morgan fingerprint density at radius 2 is 2.37 bits per heavy atom. The van der Waals surface area contributed by atoms with Gasteiger partial charge in [0, 0.05) is 7.11 Å². The van der Waals surface area contributed by atoms with Crippen molar-refractivity contribution in [3.8, 4) is 6.07 Å². The molecular weight excluding hydrogens is 242 g/mol. The van der Waals surface area contributed by atoms with Crippen molar-refractivity contribution in [2.24, 2.45) is 11.7 Å². The topological polar surface area (TPSA) is 89.8 Å². The van der Waals surface area contributed by atoms with E-state index in [1.165, 1.54) is 0 Å². The molecule has 0 radical (unpaired) electrons. The largest absolute Gasteiger partial charge is 0.381 e. The van der Waals surface area contributed by atoms with Gasteiger partial charge >= 0.3 is 0 Å².